The fourth-order valence-electron chi connectivity index (χ4n) is 1.70. The van der Waals surface area contributed by atoms with Crippen molar-refractivity contribution in [2.45, 2.75) is 13.5 Å². The van der Waals surface area contributed by atoms with Gasteiger partial charge in [0.15, 0.2) is 0 Å². The number of nitrogens with zero attached hydrogens (tertiary/aromatic N) is 3. The summed E-state index contributed by atoms with van der Waals surface area (Å²) < 4.78 is 6.92. The van der Waals surface area contributed by atoms with E-state index in [0.717, 1.165) is 16.8 Å². The summed E-state index contributed by atoms with van der Waals surface area (Å²) in [6.45, 7) is 3.31. The van der Waals surface area contributed by atoms with Gasteiger partial charge in [-0.15, -0.1) is 0 Å². The zero-order valence-corrected chi connectivity index (χ0v) is 10.1. The van der Waals surface area contributed by atoms with Gasteiger partial charge < -0.3 is 10.5 Å². The summed E-state index contributed by atoms with van der Waals surface area (Å²) in [7, 11) is 1.67. The smallest absolute Gasteiger partial charge is 0.132 e. The normalized spacial score (nSPS) is 10.7. The van der Waals surface area contributed by atoms with Crippen molar-refractivity contribution in [3.8, 4) is 11.3 Å². The molecule has 0 saturated carbocycles. The van der Waals surface area contributed by atoms with Gasteiger partial charge in [0.1, 0.15) is 5.82 Å². The molecule has 5 heteroatoms. The van der Waals surface area contributed by atoms with Crippen LogP contribution in [0.4, 0.5) is 5.82 Å². The molecular weight excluding hydrogens is 216 g/mol. The van der Waals surface area contributed by atoms with Crippen molar-refractivity contribution in [1.82, 2.24) is 14.8 Å². The summed E-state index contributed by atoms with van der Waals surface area (Å²) in [5, 5.41) is 4.25. The Morgan fingerprint density at radius 2 is 2.29 bits per heavy atom. The zero-order chi connectivity index (χ0) is 12.3. The number of nitrogens with two attached hydrogens (primary N) is 1. The Morgan fingerprint density at radius 3 is 3.06 bits per heavy atom. The average molecular weight is 232 g/mol. The maximum absolute atomic E-state index is 5.89. The lowest BCUT2D eigenvalue weighted by Gasteiger charge is -2.09. The minimum Gasteiger partial charge on any atom is -0.383 e. The van der Waals surface area contributed by atoms with E-state index < -0.39 is 0 Å². The highest BCUT2D eigenvalue weighted by Gasteiger charge is 2.09. The quantitative estimate of drug-likeness (QED) is 0.867. The number of hydrogen-bond acceptors (Lipinski definition) is 4. The van der Waals surface area contributed by atoms with Crippen LogP contribution in [0.2, 0.25) is 0 Å². The lowest BCUT2D eigenvalue weighted by molar-refractivity contribution is 0.184. The molecular formula is C12H16N4O. The van der Waals surface area contributed by atoms with Gasteiger partial charge in [-0.05, 0) is 24.6 Å². The Kier molecular flexibility index (Phi) is 3.39. The van der Waals surface area contributed by atoms with E-state index in [4.69, 9.17) is 10.5 Å². The van der Waals surface area contributed by atoms with Crippen molar-refractivity contribution >= 4 is 5.82 Å². The Bertz CT molecular complexity index is 507. The molecule has 90 valence electrons. The molecule has 0 aliphatic carbocycles. The molecule has 0 bridgehead atoms. The predicted octanol–water partition coefficient (Wildman–Crippen LogP) is 1.48. The van der Waals surface area contributed by atoms with Crippen LogP contribution < -0.4 is 5.73 Å². The largest absolute Gasteiger partial charge is 0.383 e. The lowest BCUT2D eigenvalue weighted by Crippen LogP contribution is -2.08. The second-order valence-electron chi connectivity index (χ2n) is 3.88. The van der Waals surface area contributed by atoms with Crippen LogP contribution in [0.5, 0.6) is 0 Å². The van der Waals surface area contributed by atoms with E-state index in [2.05, 4.69) is 10.1 Å². The molecule has 0 unspecified atom stereocenters. The molecule has 0 amide bonds. The van der Waals surface area contributed by atoms with E-state index in [1.807, 2.05) is 23.7 Å². The van der Waals surface area contributed by atoms with Crippen LogP contribution in [0.1, 0.15) is 5.56 Å². The van der Waals surface area contributed by atoms with Gasteiger partial charge in [-0.1, -0.05) is 0 Å². The number of aryl methyl sites for hydroxylation is 1. The van der Waals surface area contributed by atoms with Gasteiger partial charge in [-0.2, -0.15) is 5.10 Å². The first-order valence-electron chi connectivity index (χ1n) is 5.45. The Labute approximate surface area is 100 Å². The minimum absolute atomic E-state index is 0.523. The maximum atomic E-state index is 5.89. The first-order valence-corrected chi connectivity index (χ1v) is 5.45. The van der Waals surface area contributed by atoms with Crippen LogP contribution in [0, 0.1) is 6.92 Å². The van der Waals surface area contributed by atoms with Crippen LogP contribution in [0.3, 0.4) is 0 Å². The summed E-state index contributed by atoms with van der Waals surface area (Å²) in [6.07, 6.45) is 3.52. The van der Waals surface area contributed by atoms with E-state index in [1.165, 1.54) is 0 Å². The second-order valence-corrected chi connectivity index (χ2v) is 3.88. The molecule has 0 atom stereocenters. The second kappa shape index (κ2) is 4.97. The van der Waals surface area contributed by atoms with Gasteiger partial charge in [0, 0.05) is 25.1 Å². The number of pyridine rings is 1. The van der Waals surface area contributed by atoms with Crippen LogP contribution in [-0.2, 0) is 11.3 Å². The van der Waals surface area contributed by atoms with E-state index in [0.29, 0.717) is 19.0 Å². The molecule has 2 heterocycles. The summed E-state index contributed by atoms with van der Waals surface area (Å²) in [5.41, 5.74) is 8.86. The summed E-state index contributed by atoms with van der Waals surface area (Å²) in [6, 6.07) is 3.95. The van der Waals surface area contributed by atoms with Crippen LogP contribution in [0.15, 0.2) is 24.5 Å². The molecule has 2 N–H and O–H groups in total. The maximum Gasteiger partial charge on any atom is 0.132 e. The molecule has 5 nitrogen and oxygen atoms in total. The van der Waals surface area contributed by atoms with E-state index >= 15 is 0 Å². The minimum atomic E-state index is 0.523. The van der Waals surface area contributed by atoms with Crippen LogP contribution in [-0.4, -0.2) is 28.5 Å². The third-order valence-corrected chi connectivity index (χ3v) is 2.55. The van der Waals surface area contributed by atoms with Gasteiger partial charge in [0.2, 0.25) is 0 Å². The van der Waals surface area contributed by atoms with Crippen molar-refractivity contribution in [3.05, 3.63) is 30.1 Å². The third-order valence-electron chi connectivity index (χ3n) is 2.55. The fourth-order valence-corrected chi connectivity index (χ4v) is 1.70. The molecule has 17 heavy (non-hydrogen) atoms. The lowest BCUT2D eigenvalue weighted by atomic mass is 10.1. The van der Waals surface area contributed by atoms with Gasteiger partial charge in [-0.3, -0.25) is 4.68 Å². The fraction of sp³-hybridized carbons (Fsp3) is 0.333. The summed E-state index contributed by atoms with van der Waals surface area (Å²) >= 11 is 0. The van der Waals surface area contributed by atoms with Gasteiger partial charge in [0.25, 0.3) is 0 Å². The average Bonchev–Trinajstić information content (AvgIpc) is 2.77. The molecule has 2 aromatic heterocycles. The third kappa shape index (κ3) is 2.45. The summed E-state index contributed by atoms with van der Waals surface area (Å²) in [5.74, 6) is 0.523. The SMILES string of the molecule is COCCn1nccc1-c1cc(C)cnc1N. The Hall–Kier alpha value is -1.88. The number of aromatic nitrogens is 3. The van der Waals surface area contributed by atoms with E-state index in [-0.39, 0.29) is 0 Å². The van der Waals surface area contributed by atoms with E-state index in [1.54, 1.807) is 19.5 Å². The Morgan fingerprint density at radius 1 is 1.47 bits per heavy atom. The summed E-state index contributed by atoms with van der Waals surface area (Å²) in [4.78, 5) is 4.16. The number of hydrogen-bond donors (Lipinski definition) is 1. The number of anilines is 1. The highest BCUT2D eigenvalue weighted by Crippen LogP contribution is 2.24. The van der Waals surface area contributed by atoms with Gasteiger partial charge in [0.05, 0.1) is 18.8 Å². The first kappa shape index (κ1) is 11.6. The van der Waals surface area contributed by atoms with Crippen molar-refractivity contribution in [2.24, 2.45) is 0 Å². The highest BCUT2D eigenvalue weighted by atomic mass is 16.5. The van der Waals surface area contributed by atoms with Crippen molar-refractivity contribution < 1.29 is 4.74 Å². The van der Waals surface area contributed by atoms with Crippen molar-refractivity contribution in [1.29, 1.82) is 0 Å². The number of ether oxygens (including phenoxy) is 1. The Balaban J connectivity index is 2.38. The first-order chi connectivity index (χ1) is 8.22. The number of nitrogen functional groups attached to an aromatic ring is 1. The topological polar surface area (TPSA) is 66.0 Å². The molecule has 0 aliphatic heterocycles. The van der Waals surface area contributed by atoms with Crippen LogP contribution in [0.25, 0.3) is 11.3 Å². The van der Waals surface area contributed by atoms with Crippen molar-refractivity contribution in [3.63, 3.8) is 0 Å². The molecule has 0 radical (unpaired) electrons. The van der Waals surface area contributed by atoms with E-state index in [9.17, 15) is 0 Å². The van der Waals surface area contributed by atoms with Gasteiger partial charge in [-0.25, -0.2) is 4.98 Å². The molecule has 2 rings (SSSR count). The molecule has 0 aliphatic rings. The molecule has 0 fully saturated rings. The molecule has 2 aromatic rings. The monoisotopic (exact) mass is 232 g/mol. The molecule has 0 saturated heterocycles. The van der Waals surface area contributed by atoms with Gasteiger partial charge >= 0.3 is 0 Å². The highest BCUT2D eigenvalue weighted by molar-refractivity contribution is 5.71. The number of methoxy groups -OCH3 is 1. The van der Waals surface area contributed by atoms with Crippen LogP contribution >= 0.6 is 0 Å². The molecule has 0 spiro atoms. The zero-order valence-electron chi connectivity index (χ0n) is 10.1. The predicted molar refractivity (Wildman–Crippen MR) is 66.5 cm³/mol. The van der Waals surface area contributed by atoms with Crippen molar-refractivity contribution in [2.75, 3.05) is 19.5 Å². The molecule has 0 aromatic carbocycles. The standard InChI is InChI=1S/C12H16N4O/c1-9-7-10(12(13)14-8-9)11-3-4-15-16(11)5-6-17-2/h3-4,7-8H,5-6H2,1-2H3,(H2,13,14). The number of rotatable bonds is 4.